The lowest BCUT2D eigenvalue weighted by atomic mass is 10.1. The van der Waals surface area contributed by atoms with Crippen LogP contribution in [0.4, 0.5) is 0 Å². The highest BCUT2D eigenvalue weighted by Gasteiger charge is 2.13. The summed E-state index contributed by atoms with van der Waals surface area (Å²) in [6.45, 7) is 2.23. The SMILES string of the molecule is CCCCCCCCCCCC(=O)OCS(C)(Cl)Cl. The second-order valence-corrected chi connectivity index (χ2v) is 11.6. The quantitative estimate of drug-likeness (QED) is 0.317. The number of esters is 1. The van der Waals surface area contributed by atoms with E-state index in [0.717, 1.165) is 12.8 Å². The van der Waals surface area contributed by atoms with Crippen LogP contribution < -0.4 is 0 Å². The van der Waals surface area contributed by atoms with Crippen molar-refractivity contribution in [2.24, 2.45) is 0 Å². The highest BCUT2D eigenvalue weighted by atomic mass is 36.0. The van der Waals surface area contributed by atoms with Gasteiger partial charge in [0.1, 0.15) is 5.94 Å². The Kier molecular flexibility index (Phi) is 12.4. The zero-order valence-electron chi connectivity index (χ0n) is 12.3. The Hall–Kier alpha value is 0.400. The van der Waals surface area contributed by atoms with Crippen LogP contribution in [-0.4, -0.2) is 18.2 Å². The van der Waals surface area contributed by atoms with E-state index in [2.05, 4.69) is 6.92 Å². The van der Waals surface area contributed by atoms with E-state index in [1.54, 1.807) is 6.26 Å². The van der Waals surface area contributed by atoms with Gasteiger partial charge >= 0.3 is 5.97 Å². The van der Waals surface area contributed by atoms with Gasteiger partial charge in [0, 0.05) is 6.42 Å². The van der Waals surface area contributed by atoms with Crippen LogP contribution >= 0.6 is 29.8 Å². The maximum absolute atomic E-state index is 11.4. The van der Waals surface area contributed by atoms with Crippen molar-refractivity contribution < 1.29 is 9.53 Å². The molecule has 0 bridgehead atoms. The van der Waals surface area contributed by atoms with Crippen molar-refractivity contribution in [2.75, 3.05) is 12.2 Å². The Bertz CT molecular complexity index is 230. The summed E-state index contributed by atoms with van der Waals surface area (Å²) in [4.78, 5) is 11.4. The third-order valence-electron chi connectivity index (χ3n) is 2.91. The Morgan fingerprint density at radius 3 is 1.89 bits per heavy atom. The number of ether oxygens (including phenoxy) is 1. The minimum Gasteiger partial charge on any atom is -0.454 e. The highest BCUT2D eigenvalue weighted by molar-refractivity contribution is 8.65. The van der Waals surface area contributed by atoms with E-state index in [9.17, 15) is 4.79 Å². The molecule has 0 aromatic heterocycles. The molecule has 0 saturated carbocycles. The van der Waals surface area contributed by atoms with Gasteiger partial charge in [-0.05, 0) is 34.0 Å². The topological polar surface area (TPSA) is 26.3 Å². The first kappa shape index (κ1) is 19.4. The van der Waals surface area contributed by atoms with Crippen LogP contribution in [0.2, 0.25) is 0 Å². The van der Waals surface area contributed by atoms with Crippen LogP contribution in [0.15, 0.2) is 0 Å². The molecule has 0 aliphatic rings. The second kappa shape index (κ2) is 12.2. The molecule has 0 rings (SSSR count). The number of hydrogen-bond acceptors (Lipinski definition) is 2. The Morgan fingerprint density at radius 2 is 1.42 bits per heavy atom. The van der Waals surface area contributed by atoms with Crippen LogP contribution in [0, 0.1) is 0 Å². The molecule has 0 unspecified atom stereocenters. The van der Waals surface area contributed by atoms with E-state index in [0.29, 0.717) is 6.42 Å². The maximum atomic E-state index is 11.4. The molecule has 0 aromatic rings. The zero-order chi connectivity index (χ0) is 14.6. The zero-order valence-corrected chi connectivity index (χ0v) is 14.6. The van der Waals surface area contributed by atoms with E-state index in [1.165, 1.54) is 44.9 Å². The highest BCUT2D eigenvalue weighted by Crippen LogP contribution is 2.54. The van der Waals surface area contributed by atoms with Gasteiger partial charge in [0.15, 0.2) is 0 Å². The van der Waals surface area contributed by atoms with Crippen LogP contribution in [0.25, 0.3) is 0 Å². The minimum absolute atomic E-state index is 0.145. The molecule has 0 aliphatic carbocycles. The number of carbonyl (C=O) groups is 1. The number of hydrogen-bond donors (Lipinski definition) is 0. The summed E-state index contributed by atoms with van der Waals surface area (Å²) in [6.07, 6.45) is 13.4. The maximum Gasteiger partial charge on any atom is 0.306 e. The number of unbranched alkanes of at least 4 members (excludes halogenated alkanes) is 8. The minimum atomic E-state index is -1.77. The molecule has 116 valence electrons. The van der Waals surface area contributed by atoms with Gasteiger partial charge in [0.2, 0.25) is 0 Å². The largest absolute Gasteiger partial charge is 0.454 e. The van der Waals surface area contributed by atoms with Gasteiger partial charge in [-0.3, -0.25) is 4.79 Å². The Morgan fingerprint density at radius 1 is 0.947 bits per heavy atom. The summed E-state index contributed by atoms with van der Waals surface area (Å²) < 4.78 is 5.01. The van der Waals surface area contributed by atoms with Gasteiger partial charge in [-0.15, -0.1) is 0 Å². The van der Waals surface area contributed by atoms with E-state index in [1.807, 2.05) is 0 Å². The second-order valence-electron chi connectivity index (χ2n) is 5.09. The van der Waals surface area contributed by atoms with Crippen molar-refractivity contribution >= 4 is 35.8 Å². The molecule has 0 heterocycles. The first-order valence-electron chi connectivity index (χ1n) is 7.26. The molecule has 0 spiro atoms. The number of carbonyl (C=O) groups excluding carboxylic acids is 1. The lowest BCUT2D eigenvalue weighted by Gasteiger charge is -2.17. The Labute approximate surface area is 128 Å². The van der Waals surface area contributed by atoms with Gasteiger partial charge in [0.25, 0.3) is 0 Å². The smallest absolute Gasteiger partial charge is 0.306 e. The third-order valence-corrected chi connectivity index (χ3v) is 3.98. The summed E-state index contributed by atoms with van der Waals surface area (Å²) in [7, 11) is 9.84. The summed E-state index contributed by atoms with van der Waals surface area (Å²) in [5.74, 6) is -0.0326. The molecule has 19 heavy (non-hydrogen) atoms. The molecule has 0 N–H and O–H groups in total. The van der Waals surface area contributed by atoms with Crippen molar-refractivity contribution in [3.63, 3.8) is 0 Å². The standard InChI is InChI=1S/C14H28Cl2O2S/c1-3-4-5-6-7-8-9-10-11-12-14(17)18-13-19(2,15)16/h3-13H2,1-2H3. The van der Waals surface area contributed by atoms with Crippen LogP contribution in [0.3, 0.4) is 0 Å². The molecular formula is C14H28Cl2O2S. The van der Waals surface area contributed by atoms with Crippen molar-refractivity contribution in [2.45, 2.75) is 71.1 Å². The molecule has 0 radical (unpaired) electrons. The fraction of sp³-hybridized carbons (Fsp3) is 0.929. The van der Waals surface area contributed by atoms with Gasteiger partial charge in [-0.2, -0.15) is 0 Å². The molecule has 0 amide bonds. The van der Waals surface area contributed by atoms with Crippen molar-refractivity contribution in [3.05, 3.63) is 0 Å². The molecule has 2 nitrogen and oxygen atoms in total. The van der Waals surface area contributed by atoms with Gasteiger partial charge < -0.3 is 4.74 Å². The lowest BCUT2D eigenvalue weighted by Crippen LogP contribution is -2.06. The third kappa shape index (κ3) is 16.3. The molecule has 5 heteroatoms. The van der Waals surface area contributed by atoms with Crippen molar-refractivity contribution in [1.29, 1.82) is 0 Å². The molecular weight excluding hydrogens is 303 g/mol. The lowest BCUT2D eigenvalue weighted by molar-refractivity contribution is -0.141. The van der Waals surface area contributed by atoms with Crippen molar-refractivity contribution in [1.82, 2.24) is 0 Å². The molecule has 0 fully saturated rings. The van der Waals surface area contributed by atoms with Gasteiger partial charge in [-0.25, -0.2) is 0 Å². The van der Waals surface area contributed by atoms with Crippen LogP contribution in [0.5, 0.6) is 0 Å². The van der Waals surface area contributed by atoms with Crippen LogP contribution in [0.1, 0.15) is 71.1 Å². The monoisotopic (exact) mass is 330 g/mol. The summed E-state index contributed by atoms with van der Waals surface area (Å²) in [5, 5.41) is 0. The molecule has 0 aromatic carbocycles. The molecule has 0 aliphatic heterocycles. The fourth-order valence-electron chi connectivity index (χ4n) is 1.82. The van der Waals surface area contributed by atoms with Gasteiger partial charge in [-0.1, -0.05) is 66.7 Å². The van der Waals surface area contributed by atoms with Crippen LogP contribution in [-0.2, 0) is 9.53 Å². The fourth-order valence-corrected chi connectivity index (χ4v) is 2.43. The number of halogens is 2. The van der Waals surface area contributed by atoms with E-state index in [4.69, 9.17) is 26.1 Å². The molecule has 0 saturated heterocycles. The normalized spacial score (nSPS) is 12.4. The summed E-state index contributed by atoms with van der Waals surface area (Å²) in [5.41, 5.74) is 0. The average molecular weight is 331 g/mol. The van der Waals surface area contributed by atoms with E-state index in [-0.39, 0.29) is 11.9 Å². The van der Waals surface area contributed by atoms with Gasteiger partial charge in [0.05, 0.1) is 0 Å². The Balaban J connectivity index is 3.23. The van der Waals surface area contributed by atoms with E-state index >= 15 is 0 Å². The summed E-state index contributed by atoms with van der Waals surface area (Å²) in [6, 6.07) is 0. The predicted molar refractivity (Wildman–Crippen MR) is 88.0 cm³/mol. The van der Waals surface area contributed by atoms with Crippen molar-refractivity contribution in [3.8, 4) is 0 Å². The summed E-state index contributed by atoms with van der Waals surface area (Å²) >= 11 is 0. The predicted octanol–water partition coefficient (Wildman–Crippen LogP) is 6.15. The molecule has 0 atom stereocenters. The first-order valence-corrected chi connectivity index (χ1v) is 11.1. The average Bonchev–Trinajstić information content (AvgIpc) is 2.33. The van der Waals surface area contributed by atoms with E-state index < -0.39 is 8.46 Å². The number of rotatable bonds is 12. The first-order chi connectivity index (χ1) is 8.95.